The molecule has 1 N–H and O–H groups in total. The maximum absolute atomic E-state index is 11.3. The van der Waals surface area contributed by atoms with E-state index in [0.29, 0.717) is 5.69 Å². The molecule has 0 radical (unpaired) electrons. The monoisotopic (exact) mass is 264 g/mol. The van der Waals surface area contributed by atoms with Crippen LogP contribution in [0.4, 0.5) is 0 Å². The van der Waals surface area contributed by atoms with Gasteiger partial charge in [0.1, 0.15) is 5.76 Å². The first-order valence-corrected chi connectivity index (χ1v) is 5.92. The molecule has 0 aliphatic heterocycles. The van der Waals surface area contributed by atoms with E-state index in [-0.39, 0.29) is 17.6 Å². The van der Waals surface area contributed by atoms with Gasteiger partial charge in [-0.15, -0.1) is 0 Å². The van der Waals surface area contributed by atoms with Gasteiger partial charge in [0.05, 0.1) is 25.3 Å². The molecule has 0 bridgehead atoms. The highest BCUT2D eigenvalue weighted by Crippen LogP contribution is 2.25. The molecule has 1 unspecified atom stereocenters. The predicted molar refractivity (Wildman–Crippen MR) is 66.7 cm³/mol. The van der Waals surface area contributed by atoms with E-state index in [0.717, 1.165) is 0 Å². The Morgan fingerprint density at radius 2 is 2.21 bits per heavy atom. The number of hydrogen-bond donors (Lipinski definition) is 1. The Bertz CT molecular complexity index is 571. The van der Waals surface area contributed by atoms with Crippen LogP contribution in [0.25, 0.3) is 0 Å². The maximum Gasteiger partial charge on any atom is 0.373 e. The first kappa shape index (κ1) is 13.4. The average molecular weight is 264 g/mol. The molecule has 6 heteroatoms. The maximum atomic E-state index is 11.3. The third-order valence-electron chi connectivity index (χ3n) is 2.82. The molecular weight excluding hydrogens is 248 g/mol. The van der Waals surface area contributed by atoms with Crippen LogP contribution in [0.3, 0.4) is 0 Å². The minimum Gasteiger partial charge on any atom is -0.463 e. The normalized spacial score (nSPS) is 12.7. The number of methoxy groups -OCH3 is 1. The van der Waals surface area contributed by atoms with Gasteiger partial charge < -0.3 is 18.8 Å². The fourth-order valence-corrected chi connectivity index (χ4v) is 1.81. The predicted octanol–water partition coefficient (Wildman–Crippen LogP) is 1.93. The van der Waals surface area contributed by atoms with Crippen molar-refractivity contribution in [2.45, 2.75) is 26.0 Å². The van der Waals surface area contributed by atoms with Crippen molar-refractivity contribution in [2.75, 3.05) is 7.11 Å². The number of aliphatic hydroxyl groups is 1. The van der Waals surface area contributed by atoms with Crippen molar-refractivity contribution in [2.24, 2.45) is 0 Å². The smallest absolute Gasteiger partial charge is 0.373 e. The average Bonchev–Trinajstić information content (AvgIpc) is 3.05. The number of aliphatic hydroxyl groups excluding tert-OH is 1. The van der Waals surface area contributed by atoms with Gasteiger partial charge in [-0.1, -0.05) is 0 Å². The van der Waals surface area contributed by atoms with E-state index in [1.165, 1.54) is 13.2 Å². The van der Waals surface area contributed by atoms with Crippen LogP contribution in [-0.4, -0.2) is 27.7 Å². The molecule has 0 fully saturated rings. The van der Waals surface area contributed by atoms with E-state index in [2.05, 4.69) is 9.72 Å². The van der Waals surface area contributed by atoms with Crippen molar-refractivity contribution < 1.29 is 19.1 Å². The Kier molecular flexibility index (Phi) is 3.71. The lowest BCUT2D eigenvalue weighted by Crippen LogP contribution is -2.09. The number of nitrogens with zero attached hydrogens (tertiary/aromatic N) is 2. The van der Waals surface area contributed by atoms with Crippen LogP contribution in [0.15, 0.2) is 29.1 Å². The van der Waals surface area contributed by atoms with Crippen molar-refractivity contribution >= 4 is 5.97 Å². The molecule has 2 rings (SSSR count). The molecule has 2 aromatic rings. The van der Waals surface area contributed by atoms with Crippen LogP contribution in [0.2, 0.25) is 0 Å². The summed E-state index contributed by atoms with van der Waals surface area (Å²) in [7, 11) is 1.27. The highest BCUT2D eigenvalue weighted by atomic mass is 16.5. The van der Waals surface area contributed by atoms with Crippen LogP contribution < -0.4 is 0 Å². The Labute approximate surface area is 110 Å². The number of aromatic nitrogens is 2. The van der Waals surface area contributed by atoms with Gasteiger partial charge >= 0.3 is 5.97 Å². The lowest BCUT2D eigenvalue weighted by Gasteiger charge is -2.14. The highest BCUT2D eigenvalue weighted by Gasteiger charge is 2.21. The first-order valence-electron chi connectivity index (χ1n) is 5.92. The van der Waals surface area contributed by atoms with Crippen LogP contribution in [-0.2, 0) is 4.74 Å². The van der Waals surface area contributed by atoms with Crippen molar-refractivity contribution in [1.29, 1.82) is 0 Å². The Hall–Kier alpha value is -2.08. The van der Waals surface area contributed by atoms with E-state index >= 15 is 0 Å². The van der Waals surface area contributed by atoms with E-state index in [9.17, 15) is 9.90 Å². The number of ether oxygens (including phenoxy) is 1. The molecule has 6 nitrogen and oxygen atoms in total. The van der Waals surface area contributed by atoms with Crippen molar-refractivity contribution in [3.63, 3.8) is 0 Å². The highest BCUT2D eigenvalue weighted by molar-refractivity contribution is 5.86. The number of rotatable bonds is 4. The fraction of sp³-hybridized carbons (Fsp3) is 0.385. The molecule has 0 saturated carbocycles. The molecule has 0 spiro atoms. The molecule has 0 aliphatic rings. The number of carbonyl (C=O) groups is 1. The number of carbonyl (C=O) groups excluding carboxylic acids is 1. The molecule has 0 saturated heterocycles. The molecule has 102 valence electrons. The third kappa shape index (κ3) is 2.53. The summed E-state index contributed by atoms with van der Waals surface area (Å²) in [4.78, 5) is 15.3. The standard InChI is InChI=1S/C13H16N2O4/c1-8(2)15-7-14-6-9(15)12(16)10-4-5-11(19-10)13(17)18-3/h4-8,12,16H,1-3H3. The minimum atomic E-state index is -0.969. The molecular formula is C13H16N2O4. The van der Waals surface area contributed by atoms with Gasteiger partial charge in [-0.05, 0) is 26.0 Å². The van der Waals surface area contributed by atoms with E-state index in [4.69, 9.17) is 4.42 Å². The zero-order valence-corrected chi connectivity index (χ0v) is 11.0. The van der Waals surface area contributed by atoms with Crippen LogP contribution in [0.1, 0.15) is 48.0 Å². The van der Waals surface area contributed by atoms with Crippen LogP contribution in [0.5, 0.6) is 0 Å². The van der Waals surface area contributed by atoms with Gasteiger partial charge in [0.25, 0.3) is 0 Å². The number of hydrogen-bond acceptors (Lipinski definition) is 5. The molecule has 0 aromatic carbocycles. The number of furan rings is 1. The zero-order chi connectivity index (χ0) is 14.0. The Morgan fingerprint density at radius 1 is 1.47 bits per heavy atom. The largest absolute Gasteiger partial charge is 0.463 e. The molecule has 2 heterocycles. The van der Waals surface area contributed by atoms with Crippen LogP contribution in [0, 0.1) is 0 Å². The van der Waals surface area contributed by atoms with Crippen molar-refractivity contribution in [3.05, 3.63) is 41.9 Å². The van der Waals surface area contributed by atoms with Gasteiger partial charge in [-0.25, -0.2) is 9.78 Å². The Morgan fingerprint density at radius 3 is 2.84 bits per heavy atom. The lowest BCUT2D eigenvalue weighted by atomic mass is 10.2. The van der Waals surface area contributed by atoms with Gasteiger partial charge in [0, 0.05) is 6.04 Å². The zero-order valence-electron chi connectivity index (χ0n) is 11.0. The van der Waals surface area contributed by atoms with Gasteiger partial charge in [0.2, 0.25) is 5.76 Å². The van der Waals surface area contributed by atoms with Crippen molar-refractivity contribution in [3.8, 4) is 0 Å². The minimum absolute atomic E-state index is 0.0622. The second-order valence-corrected chi connectivity index (χ2v) is 4.42. The molecule has 1 atom stereocenters. The van der Waals surface area contributed by atoms with Gasteiger partial charge in [-0.3, -0.25) is 0 Å². The first-order chi connectivity index (χ1) is 9.04. The SMILES string of the molecule is COC(=O)c1ccc(C(O)c2cncn2C(C)C)o1. The second kappa shape index (κ2) is 5.27. The summed E-state index contributed by atoms with van der Waals surface area (Å²) in [6.07, 6.45) is 2.25. The van der Waals surface area contributed by atoms with E-state index < -0.39 is 12.1 Å². The number of imidazole rings is 1. The lowest BCUT2D eigenvalue weighted by molar-refractivity contribution is 0.0557. The molecule has 0 amide bonds. The summed E-state index contributed by atoms with van der Waals surface area (Å²) in [6.45, 7) is 3.97. The summed E-state index contributed by atoms with van der Waals surface area (Å²) in [6, 6.07) is 3.19. The van der Waals surface area contributed by atoms with Crippen molar-refractivity contribution in [1.82, 2.24) is 9.55 Å². The summed E-state index contributed by atoms with van der Waals surface area (Å²) in [5.74, 6) is -0.231. The summed E-state index contributed by atoms with van der Waals surface area (Å²) >= 11 is 0. The van der Waals surface area contributed by atoms with Crippen LogP contribution >= 0.6 is 0 Å². The Balaban J connectivity index is 2.28. The fourth-order valence-electron chi connectivity index (χ4n) is 1.81. The third-order valence-corrected chi connectivity index (χ3v) is 2.82. The molecule has 19 heavy (non-hydrogen) atoms. The van der Waals surface area contributed by atoms with Gasteiger partial charge in [0.15, 0.2) is 6.10 Å². The van der Waals surface area contributed by atoms with Gasteiger partial charge in [-0.2, -0.15) is 0 Å². The quantitative estimate of drug-likeness (QED) is 0.854. The molecule has 2 aromatic heterocycles. The van der Waals surface area contributed by atoms with E-state index in [1.54, 1.807) is 18.6 Å². The number of esters is 1. The molecule has 0 aliphatic carbocycles. The summed E-state index contributed by atoms with van der Waals surface area (Å²) < 4.78 is 11.7. The second-order valence-electron chi connectivity index (χ2n) is 4.42. The summed E-state index contributed by atoms with van der Waals surface area (Å²) in [5.41, 5.74) is 0.612. The van der Waals surface area contributed by atoms with E-state index in [1.807, 2.05) is 18.4 Å². The summed E-state index contributed by atoms with van der Waals surface area (Å²) in [5, 5.41) is 10.3. The topological polar surface area (TPSA) is 77.5 Å².